The van der Waals surface area contributed by atoms with Crippen molar-refractivity contribution in [1.29, 1.82) is 0 Å². The van der Waals surface area contributed by atoms with E-state index in [2.05, 4.69) is 25.9 Å². The van der Waals surface area contributed by atoms with E-state index in [1.165, 1.54) is 0 Å². The van der Waals surface area contributed by atoms with Crippen LogP contribution in [0.4, 0.5) is 0 Å². The van der Waals surface area contributed by atoms with E-state index in [9.17, 15) is 14.4 Å². The summed E-state index contributed by atoms with van der Waals surface area (Å²) in [5.74, 6) is -0.169. The number of halogens is 1. The first-order valence-corrected chi connectivity index (χ1v) is 10.0. The number of rotatable bonds is 3. The van der Waals surface area contributed by atoms with Crippen LogP contribution in [0.1, 0.15) is 15.9 Å². The first-order chi connectivity index (χ1) is 14.0. The predicted molar refractivity (Wildman–Crippen MR) is 115 cm³/mol. The third-order valence-corrected chi connectivity index (χ3v) is 5.46. The summed E-state index contributed by atoms with van der Waals surface area (Å²) in [6.45, 7) is 1.91. The van der Waals surface area contributed by atoms with Gasteiger partial charge in [-0.15, -0.1) is 0 Å². The Balaban J connectivity index is 1.36. The van der Waals surface area contributed by atoms with Crippen molar-refractivity contribution < 1.29 is 9.59 Å². The Morgan fingerprint density at radius 3 is 2.28 bits per heavy atom. The number of benzene rings is 2. The predicted octanol–water partition coefficient (Wildman–Crippen LogP) is 2.62. The highest BCUT2D eigenvalue weighted by molar-refractivity contribution is 9.10. The Kier molecular flexibility index (Phi) is 5.35. The number of fused-ring (bicyclic) bond motifs is 1. The lowest BCUT2D eigenvalue weighted by molar-refractivity contribution is -0.127. The number of nitrogens with zero attached hydrogens (tertiary/aromatic N) is 2. The molecule has 1 saturated heterocycles. The maximum atomic E-state index is 12.8. The zero-order valence-electron chi connectivity index (χ0n) is 15.5. The molecule has 29 heavy (non-hydrogen) atoms. The third-order valence-electron chi connectivity index (χ3n) is 4.93. The molecule has 2 N–H and O–H groups in total. The summed E-state index contributed by atoms with van der Waals surface area (Å²) in [4.78, 5) is 45.4. The van der Waals surface area contributed by atoms with E-state index in [0.717, 1.165) is 10.0 Å². The number of amides is 2. The smallest absolute Gasteiger partial charge is 0.323 e. The van der Waals surface area contributed by atoms with Gasteiger partial charge < -0.3 is 19.8 Å². The molecule has 1 aromatic heterocycles. The number of aromatic nitrogens is 2. The summed E-state index contributed by atoms with van der Waals surface area (Å²) in [6, 6.07) is 12.8. The monoisotopic (exact) mass is 454 g/mol. The second kappa shape index (κ2) is 8.08. The van der Waals surface area contributed by atoms with Crippen molar-refractivity contribution in [1.82, 2.24) is 19.8 Å². The van der Waals surface area contributed by atoms with E-state index in [0.29, 0.717) is 42.8 Å². The Hall–Kier alpha value is -3.13. The number of piperazine rings is 1. The molecule has 0 unspecified atom stereocenters. The molecule has 7 nitrogen and oxygen atoms in total. The van der Waals surface area contributed by atoms with E-state index < -0.39 is 0 Å². The van der Waals surface area contributed by atoms with Gasteiger partial charge in [0.05, 0.1) is 11.0 Å². The minimum Gasteiger partial charge on any atom is -0.336 e. The highest BCUT2D eigenvalue weighted by atomic mass is 79.9. The fourth-order valence-corrected chi connectivity index (χ4v) is 3.59. The Morgan fingerprint density at radius 2 is 1.55 bits per heavy atom. The van der Waals surface area contributed by atoms with Crippen molar-refractivity contribution in [3.8, 4) is 0 Å². The quantitative estimate of drug-likeness (QED) is 0.596. The normalized spacial score (nSPS) is 14.7. The standard InChI is InChI=1S/C21H19BrN4O3/c22-16-5-1-14(2-6-16)3-8-19(27)25-9-11-26(12-10-25)20(28)15-4-7-17-18(13-15)24-21(29)23-17/h1-8,13H,9-12H2,(H2,23,24,29)/b8-3+. The van der Waals surface area contributed by atoms with Crippen LogP contribution in [0.25, 0.3) is 17.1 Å². The summed E-state index contributed by atoms with van der Waals surface area (Å²) < 4.78 is 0.990. The average molecular weight is 455 g/mol. The molecule has 4 rings (SSSR count). The second-order valence-corrected chi connectivity index (χ2v) is 7.76. The van der Waals surface area contributed by atoms with Crippen LogP contribution in [0.5, 0.6) is 0 Å². The third kappa shape index (κ3) is 4.32. The highest BCUT2D eigenvalue weighted by Crippen LogP contribution is 2.15. The number of nitrogens with one attached hydrogen (secondary N) is 2. The molecule has 0 spiro atoms. The van der Waals surface area contributed by atoms with Crippen LogP contribution in [-0.2, 0) is 4.79 Å². The first kappa shape index (κ1) is 19.2. The number of carbonyl (C=O) groups excluding carboxylic acids is 2. The molecule has 2 amide bonds. The molecule has 1 fully saturated rings. The molecule has 0 bridgehead atoms. The van der Waals surface area contributed by atoms with E-state index >= 15 is 0 Å². The largest absolute Gasteiger partial charge is 0.336 e. The Labute approximate surface area is 175 Å². The van der Waals surface area contributed by atoms with Crippen LogP contribution in [0.3, 0.4) is 0 Å². The molecule has 2 aromatic carbocycles. The fraction of sp³-hybridized carbons (Fsp3) is 0.190. The molecule has 1 aliphatic rings. The van der Waals surface area contributed by atoms with Gasteiger partial charge in [-0.3, -0.25) is 9.59 Å². The summed E-state index contributed by atoms with van der Waals surface area (Å²) in [7, 11) is 0. The molecule has 0 saturated carbocycles. The fourth-order valence-electron chi connectivity index (χ4n) is 3.32. The molecule has 2 heterocycles. The second-order valence-electron chi connectivity index (χ2n) is 6.84. The van der Waals surface area contributed by atoms with Crippen LogP contribution in [0.2, 0.25) is 0 Å². The maximum absolute atomic E-state index is 12.8. The lowest BCUT2D eigenvalue weighted by Crippen LogP contribution is -2.50. The van der Waals surface area contributed by atoms with Crippen molar-refractivity contribution in [2.75, 3.05) is 26.2 Å². The van der Waals surface area contributed by atoms with Crippen LogP contribution in [0, 0.1) is 0 Å². The number of hydrogen-bond acceptors (Lipinski definition) is 3. The molecule has 3 aromatic rings. The number of aromatic amines is 2. The van der Waals surface area contributed by atoms with Gasteiger partial charge in [-0.1, -0.05) is 28.1 Å². The average Bonchev–Trinajstić information content (AvgIpc) is 3.12. The van der Waals surface area contributed by atoms with Crippen molar-refractivity contribution in [2.45, 2.75) is 0 Å². The Bertz CT molecular complexity index is 1140. The molecule has 0 radical (unpaired) electrons. The van der Waals surface area contributed by atoms with E-state index in [1.54, 1.807) is 40.2 Å². The van der Waals surface area contributed by atoms with E-state index in [1.807, 2.05) is 24.3 Å². The van der Waals surface area contributed by atoms with Gasteiger partial charge in [0.2, 0.25) is 5.91 Å². The molecule has 8 heteroatoms. The van der Waals surface area contributed by atoms with Gasteiger partial charge >= 0.3 is 5.69 Å². The van der Waals surface area contributed by atoms with Gasteiger partial charge in [0.15, 0.2) is 0 Å². The van der Waals surface area contributed by atoms with Crippen LogP contribution < -0.4 is 5.69 Å². The van der Waals surface area contributed by atoms with Gasteiger partial charge in [-0.2, -0.15) is 0 Å². The molecule has 0 atom stereocenters. The number of H-pyrrole nitrogens is 2. The lowest BCUT2D eigenvalue weighted by Gasteiger charge is -2.34. The van der Waals surface area contributed by atoms with E-state index in [-0.39, 0.29) is 17.5 Å². The highest BCUT2D eigenvalue weighted by Gasteiger charge is 2.24. The molecule has 0 aliphatic carbocycles. The van der Waals surface area contributed by atoms with Gasteiger partial charge in [-0.05, 0) is 42.0 Å². The molecular weight excluding hydrogens is 436 g/mol. The molecule has 1 aliphatic heterocycles. The summed E-state index contributed by atoms with van der Waals surface area (Å²) in [6.07, 6.45) is 3.36. The SMILES string of the molecule is O=C(/C=C/c1ccc(Br)cc1)N1CCN(C(=O)c2ccc3[nH]c(=O)[nH]c3c2)CC1. The number of hydrogen-bond donors (Lipinski definition) is 2. The summed E-state index contributed by atoms with van der Waals surface area (Å²) in [5.41, 5.74) is 2.44. The lowest BCUT2D eigenvalue weighted by atomic mass is 10.1. The van der Waals surface area contributed by atoms with Crippen molar-refractivity contribution >= 4 is 44.9 Å². The van der Waals surface area contributed by atoms with Crippen LogP contribution >= 0.6 is 15.9 Å². The number of carbonyl (C=O) groups is 2. The van der Waals surface area contributed by atoms with Crippen LogP contribution in [-0.4, -0.2) is 57.8 Å². The van der Waals surface area contributed by atoms with Gasteiger partial charge in [-0.25, -0.2) is 4.79 Å². The minimum absolute atomic E-state index is 0.0636. The maximum Gasteiger partial charge on any atom is 0.323 e. The van der Waals surface area contributed by atoms with E-state index in [4.69, 9.17) is 0 Å². The zero-order chi connectivity index (χ0) is 20.4. The Morgan fingerprint density at radius 1 is 0.897 bits per heavy atom. The summed E-state index contributed by atoms with van der Waals surface area (Å²) in [5, 5.41) is 0. The number of imidazole rings is 1. The minimum atomic E-state index is -0.298. The van der Waals surface area contributed by atoms with Crippen molar-refractivity contribution in [2.24, 2.45) is 0 Å². The van der Waals surface area contributed by atoms with Crippen molar-refractivity contribution in [3.05, 3.63) is 74.6 Å². The molecule has 148 valence electrons. The van der Waals surface area contributed by atoms with Gasteiger partial charge in [0.1, 0.15) is 0 Å². The topological polar surface area (TPSA) is 89.3 Å². The van der Waals surface area contributed by atoms with Gasteiger partial charge in [0.25, 0.3) is 5.91 Å². The van der Waals surface area contributed by atoms with Gasteiger partial charge in [0, 0.05) is 42.3 Å². The summed E-state index contributed by atoms with van der Waals surface area (Å²) >= 11 is 3.39. The van der Waals surface area contributed by atoms with Crippen molar-refractivity contribution in [3.63, 3.8) is 0 Å². The molecular formula is C21H19BrN4O3. The first-order valence-electron chi connectivity index (χ1n) is 9.23. The zero-order valence-corrected chi connectivity index (χ0v) is 17.1. The van der Waals surface area contributed by atoms with Crippen LogP contribution in [0.15, 0.2) is 57.8 Å².